The van der Waals surface area contributed by atoms with Gasteiger partial charge in [-0.2, -0.15) is 0 Å². The van der Waals surface area contributed by atoms with Gasteiger partial charge < -0.3 is 10.2 Å². The van der Waals surface area contributed by atoms with E-state index in [4.69, 9.17) is 0 Å². The Kier molecular flexibility index (Phi) is 3.06. The van der Waals surface area contributed by atoms with Crippen molar-refractivity contribution in [3.05, 3.63) is 47.5 Å². The van der Waals surface area contributed by atoms with Crippen molar-refractivity contribution in [1.29, 1.82) is 0 Å². The van der Waals surface area contributed by atoms with Gasteiger partial charge in [0.15, 0.2) is 0 Å². The second-order valence-electron chi connectivity index (χ2n) is 4.06. The lowest BCUT2D eigenvalue weighted by atomic mass is 10.1. The number of fused-ring (bicyclic) bond motifs is 1. The van der Waals surface area contributed by atoms with Crippen molar-refractivity contribution in [1.82, 2.24) is 10.2 Å². The van der Waals surface area contributed by atoms with Gasteiger partial charge in [0.25, 0.3) is 5.91 Å². The van der Waals surface area contributed by atoms with Crippen molar-refractivity contribution in [3.8, 4) is 0 Å². The van der Waals surface area contributed by atoms with Gasteiger partial charge in [0.2, 0.25) is 0 Å². The Balaban J connectivity index is 2.21. The Morgan fingerprint density at radius 1 is 1.50 bits per heavy atom. The summed E-state index contributed by atoms with van der Waals surface area (Å²) in [6.07, 6.45) is 1.73. The first-order valence-electron chi connectivity index (χ1n) is 5.41. The number of carbonyl (C=O) groups is 1. The molecule has 0 unspecified atom stereocenters. The molecular formula is C13H16N2O. The molecule has 0 radical (unpaired) electrons. The fourth-order valence-corrected chi connectivity index (χ4v) is 1.92. The summed E-state index contributed by atoms with van der Waals surface area (Å²) >= 11 is 0. The largest absolute Gasteiger partial charge is 0.338 e. The SMILES string of the molecule is C=CCN(C)C(=O)c1ccc2c(c1)CNC2. The lowest BCUT2D eigenvalue weighted by Gasteiger charge is -2.15. The fourth-order valence-electron chi connectivity index (χ4n) is 1.92. The Morgan fingerprint density at radius 3 is 3.00 bits per heavy atom. The highest BCUT2D eigenvalue weighted by Crippen LogP contribution is 2.17. The quantitative estimate of drug-likeness (QED) is 0.777. The zero-order chi connectivity index (χ0) is 11.5. The first kappa shape index (κ1) is 10.9. The Morgan fingerprint density at radius 2 is 2.25 bits per heavy atom. The van der Waals surface area contributed by atoms with Crippen LogP contribution in [0.2, 0.25) is 0 Å². The van der Waals surface area contributed by atoms with Crippen LogP contribution >= 0.6 is 0 Å². The highest BCUT2D eigenvalue weighted by Gasteiger charge is 2.15. The van der Waals surface area contributed by atoms with E-state index in [1.807, 2.05) is 18.2 Å². The molecule has 0 atom stereocenters. The first-order chi connectivity index (χ1) is 7.72. The third kappa shape index (κ3) is 1.99. The van der Waals surface area contributed by atoms with Gasteiger partial charge in [0.1, 0.15) is 0 Å². The van der Waals surface area contributed by atoms with Crippen molar-refractivity contribution in [3.63, 3.8) is 0 Å². The summed E-state index contributed by atoms with van der Waals surface area (Å²) in [6.45, 7) is 5.98. The highest BCUT2D eigenvalue weighted by molar-refractivity contribution is 5.94. The van der Waals surface area contributed by atoms with Gasteiger partial charge in [-0.25, -0.2) is 0 Å². The number of amides is 1. The van der Waals surface area contributed by atoms with E-state index < -0.39 is 0 Å². The second-order valence-corrected chi connectivity index (χ2v) is 4.06. The minimum atomic E-state index is 0.0506. The molecule has 3 nitrogen and oxygen atoms in total. The van der Waals surface area contributed by atoms with Crippen molar-refractivity contribution >= 4 is 5.91 Å². The summed E-state index contributed by atoms with van der Waals surface area (Å²) in [7, 11) is 1.79. The van der Waals surface area contributed by atoms with Gasteiger partial charge in [-0.05, 0) is 23.3 Å². The molecule has 84 valence electrons. The van der Waals surface area contributed by atoms with Crippen LogP contribution in [-0.4, -0.2) is 24.4 Å². The van der Waals surface area contributed by atoms with Gasteiger partial charge in [0.05, 0.1) is 0 Å². The maximum absolute atomic E-state index is 12.0. The van der Waals surface area contributed by atoms with Crippen molar-refractivity contribution < 1.29 is 4.79 Å². The van der Waals surface area contributed by atoms with Gasteiger partial charge >= 0.3 is 0 Å². The highest BCUT2D eigenvalue weighted by atomic mass is 16.2. The number of benzene rings is 1. The van der Waals surface area contributed by atoms with Crippen LogP contribution in [-0.2, 0) is 13.1 Å². The fraction of sp³-hybridized carbons (Fsp3) is 0.308. The van der Waals surface area contributed by atoms with Crippen LogP contribution in [0.15, 0.2) is 30.9 Å². The van der Waals surface area contributed by atoms with E-state index in [0.717, 1.165) is 18.7 Å². The number of hydrogen-bond donors (Lipinski definition) is 1. The number of hydrogen-bond acceptors (Lipinski definition) is 2. The second kappa shape index (κ2) is 4.49. The van der Waals surface area contributed by atoms with Gasteiger partial charge in [-0.3, -0.25) is 4.79 Å². The first-order valence-corrected chi connectivity index (χ1v) is 5.41. The monoisotopic (exact) mass is 216 g/mol. The molecule has 0 fully saturated rings. The summed E-state index contributed by atoms with van der Waals surface area (Å²) < 4.78 is 0. The molecule has 1 N–H and O–H groups in total. The smallest absolute Gasteiger partial charge is 0.253 e. The molecule has 16 heavy (non-hydrogen) atoms. The van der Waals surface area contributed by atoms with Crippen LogP contribution in [0.1, 0.15) is 21.5 Å². The molecule has 1 aromatic rings. The van der Waals surface area contributed by atoms with E-state index in [9.17, 15) is 4.79 Å². The molecule has 0 saturated heterocycles. The van der Waals surface area contributed by atoms with E-state index >= 15 is 0 Å². The van der Waals surface area contributed by atoms with Crippen LogP contribution in [0.4, 0.5) is 0 Å². The molecule has 0 spiro atoms. The molecule has 0 saturated carbocycles. The number of rotatable bonds is 3. The van der Waals surface area contributed by atoms with Crippen molar-refractivity contribution in [2.24, 2.45) is 0 Å². The minimum Gasteiger partial charge on any atom is -0.338 e. The number of nitrogens with one attached hydrogen (secondary N) is 1. The zero-order valence-electron chi connectivity index (χ0n) is 9.49. The van der Waals surface area contributed by atoms with Crippen LogP contribution < -0.4 is 5.32 Å². The van der Waals surface area contributed by atoms with Crippen LogP contribution in [0.3, 0.4) is 0 Å². The standard InChI is InChI=1S/C13H16N2O/c1-3-6-15(2)13(16)10-4-5-11-8-14-9-12(11)7-10/h3-5,7,14H,1,6,8-9H2,2H3. The third-order valence-electron chi connectivity index (χ3n) is 2.83. The van der Waals surface area contributed by atoms with E-state index in [2.05, 4.69) is 11.9 Å². The molecule has 1 aliphatic heterocycles. The number of likely N-dealkylation sites (N-methyl/N-ethyl adjacent to an activating group) is 1. The lowest BCUT2D eigenvalue weighted by molar-refractivity contribution is 0.0810. The number of carbonyl (C=O) groups excluding carboxylic acids is 1. The summed E-state index contributed by atoms with van der Waals surface area (Å²) in [5, 5.41) is 3.27. The topological polar surface area (TPSA) is 32.3 Å². The molecule has 0 bridgehead atoms. The van der Waals surface area contributed by atoms with Gasteiger partial charge in [-0.1, -0.05) is 12.1 Å². The van der Waals surface area contributed by atoms with Crippen LogP contribution in [0.25, 0.3) is 0 Å². The van der Waals surface area contributed by atoms with E-state index in [1.54, 1.807) is 18.0 Å². The summed E-state index contributed by atoms with van der Waals surface area (Å²) in [5.41, 5.74) is 3.28. The average molecular weight is 216 g/mol. The Hall–Kier alpha value is -1.61. The van der Waals surface area contributed by atoms with Crippen molar-refractivity contribution in [2.75, 3.05) is 13.6 Å². The van der Waals surface area contributed by atoms with Gasteiger partial charge in [0, 0.05) is 32.2 Å². The van der Waals surface area contributed by atoms with Gasteiger partial charge in [-0.15, -0.1) is 6.58 Å². The predicted molar refractivity (Wildman–Crippen MR) is 64.1 cm³/mol. The molecule has 2 rings (SSSR count). The average Bonchev–Trinajstić information content (AvgIpc) is 2.75. The van der Waals surface area contributed by atoms with E-state index in [-0.39, 0.29) is 5.91 Å². The van der Waals surface area contributed by atoms with E-state index in [1.165, 1.54) is 11.1 Å². The van der Waals surface area contributed by atoms with Crippen molar-refractivity contribution in [2.45, 2.75) is 13.1 Å². The Labute approximate surface area is 95.8 Å². The summed E-state index contributed by atoms with van der Waals surface area (Å²) in [4.78, 5) is 13.7. The lowest BCUT2D eigenvalue weighted by Crippen LogP contribution is -2.26. The number of nitrogens with zero attached hydrogens (tertiary/aromatic N) is 1. The minimum absolute atomic E-state index is 0.0506. The van der Waals surface area contributed by atoms with Crippen LogP contribution in [0.5, 0.6) is 0 Å². The van der Waals surface area contributed by atoms with E-state index in [0.29, 0.717) is 6.54 Å². The normalized spacial score (nSPS) is 13.3. The van der Waals surface area contributed by atoms with Crippen LogP contribution in [0, 0.1) is 0 Å². The molecule has 0 aliphatic carbocycles. The maximum Gasteiger partial charge on any atom is 0.253 e. The molecular weight excluding hydrogens is 200 g/mol. The molecule has 1 aromatic carbocycles. The summed E-state index contributed by atoms with van der Waals surface area (Å²) in [6, 6.07) is 5.91. The molecule has 1 amide bonds. The molecule has 1 heterocycles. The maximum atomic E-state index is 12.0. The zero-order valence-corrected chi connectivity index (χ0v) is 9.49. The third-order valence-corrected chi connectivity index (χ3v) is 2.83. The molecule has 0 aromatic heterocycles. The predicted octanol–water partition coefficient (Wildman–Crippen LogP) is 1.55. The Bertz CT molecular complexity index is 426. The summed E-state index contributed by atoms with van der Waals surface area (Å²) in [5.74, 6) is 0.0506. The molecule has 3 heteroatoms. The molecule has 1 aliphatic rings.